The first-order chi connectivity index (χ1) is 8.25. The lowest BCUT2D eigenvalue weighted by atomic mass is 9.76. The van der Waals surface area contributed by atoms with Crippen molar-refractivity contribution in [1.82, 2.24) is 0 Å². The number of hydrogen-bond acceptors (Lipinski definition) is 3. The molecule has 0 amide bonds. The average Bonchev–Trinajstić information content (AvgIpc) is 2.74. The van der Waals surface area contributed by atoms with Crippen molar-refractivity contribution in [1.29, 1.82) is 0 Å². The SMILES string of the molecule is NC(c1ccc2c(c1)CCC2)C1(CO)COC1. The second kappa shape index (κ2) is 4.09. The normalized spacial score (nSPS) is 22.9. The number of aliphatic hydroxyl groups excluding tert-OH is 1. The lowest BCUT2D eigenvalue weighted by molar-refractivity contribution is -0.150. The molecule has 3 N–H and O–H groups in total. The monoisotopic (exact) mass is 233 g/mol. The van der Waals surface area contributed by atoms with E-state index in [2.05, 4.69) is 18.2 Å². The number of benzene rings is 1. The van der Waals surface area contributed by atoms with Crippen molar-refractivity contribution >= 4 is 0 Å². The Morgan fingerprint density at radius 1 is 1.29 bits per heavy atom. The predicted molar refractivity (Wildman–Crippen MR) is 65.7 cm³/mol. The first-order valence-electron chi connectivity index (χ1n) is 6.31. The molecule has 0 aromatic heterocycles. The lowest BCUT2D eigenvalue weighted by Gasteiger charge is -2.44. The van der Waals surface area contributed by atoms with Crippen molar-refractivity contribution in [2.75, 3.05) is 19.8 Å². The Kier molecular flexibility index (Phi) is 2.69. The fourth-order valence-electron chi connectivity index (χ4n) is 2.87. The molecule has 3 heteroatoms. The van der Waals surface area contributed by atoms with E-state index >= 15 is 0 Å². The molecular weight excluding hydrogens is 214 g/mol. The highest BCUT2D eigenvalue weighted by molar-refractivity contribution is 5.37. The molecule has 1 aliphatic carbocycles. The molecule has 17 heavy (non-hydrogen) atoms. The van der Waals surface area contributed by atoms with Gasteiger partial charge in [0, 0.05) is 6.04 Å². The molecular formula is C14H19NO2. The zero-order valence-corrected chi connectivity index (χ0v) is 9.98. The minimum absolute atomic E-state index is 0.102. The third-order valence-corrected chi connectivity index (χ3v) is 4.24. The molecule has 2 aliphatic rings. The Morgan fingerprint density at radius 2 is 2.06 bits per heavy atom. The molecule has 3 nitrogen and oxygen atoms in total. The summed E-state index contributed by atoms with van der Waals surface area (Å²) in [5, 5.41) is 9.50. The van der Waals surface area contributed by atoms with Crippen LogP contribution in [0.15, 0.2) is 18.2 Å². The van der Waals surface area contributed by atoms with Crippen LogP contribution in [0, 0.1) is 5.41 Å². The van der Waals surface area contributed by atoms with Crippen LogP contribution in [0.4, 0.5) is 0 Å². The van der Waals surface area contributed by atoms with E-state index in [1.807, 2.05) is 0 Å². The maximum Gasteiger partial charge on any atom is 0.0594 e. The summed E-state index contributed by atoms with van der Waals surface area (Å²) in [5.74, 6) is 0. The van der Waals surface area contributed by atoms with Crippen molar-refractivity contribution in [3.8, 4) is 0 Å². The van der Waals surface area contributed by atoms with Crippen molar-refractivity contribution in [3.63, 3.8) is 0 Å². The lowest BCUT2D eigenvalue weighted by Crippen LogP contribution is -2.52. The molecule has 1 unspecified atom stereocenters. The minimum Gasteiger partial charge on any atom is -0.396 e. The van der Waals surface area contributed by atoms with E-state index in [1.165, 1.54) is 30.4 Å². The summed E-state index contributed by atoms with van der Waals surface area (Å²) in [7, 11) is 0. The van der Waals surface area contributed by atoms with Crippen molar-refractivity contribution in [3.05, 3.63) is 34.9 Å². The van der Waals surface area contributed by atoms with E-state index in [9.17, 15) is 5.11 Å². The molecule has 1 aliphatic heterocycles. The largest absolute Gasteiger partial charge is 0.396 e. The van der Waals surface area contributed by atoms with Crippen molar-refractivity contribution in [2.24, 2.45) is 11.1 Å². The number of ether oxygens (including phenoxy) is 1. The highest BCUT2D eigenvalue weighted by Gasteiger charge is 2.44. The summed E-state index contributed by atoms with van der Waals surface area (Å²) in [4.78, 5) is 0. The summed E-state index contributed by atoms with van der Waals surface area (Å²) in [6.45, 7) is 1.24. The van der Waals surface area contributed by atoms with Gasteiger partial charge >= 0.3 is 0 Å². The Bertz CT molecular complexity index is 421. The molecule has 1 fully saturated rings. The highest BCUT2D eigenvalue weighted by atomic mass is 16.5. The van der Waals surface area contributed by atoms with Gasteiger partial charge in [0.1, 0.15) is 0 Å². The van der Waals surface area contributed by atoms with Gasteiger partial charge in [0.25, 0.3) is 0 Å². The molecule has 1 heterocycles. The molecule has 0 saturated carbocycles. The zero-order valence-electron chi connectivity index (χ0n) is 9.98. The summed E-state index contributed by atoms with van der Waals surface area (Å²) in [6.07, 6.45) is 3.61. The molecule has 1 atom stereocenters. The molecule has 0 spiro atoms. The van der Waals surface area contributed by atoms with Gasteiger partial charge in [0.15, 0.2) is 0 Å². The Labute approximate surface area is 102 Å². The van der Waals surface area contributed by atoms with Gasteiger partial charge in [-0.15, -0.1) is 0 Å². The number of aliphatic hydroxyl groups is 1. The third kappa shape index (κ3) is 1.69. The molecule has 1 aromatic carbocycles. The second-order valence-electron chi connectivity index (χ2n) is 5.37. The van der Waals surface area contributed by atoms with Crippen molar-refractivity contribution in [2.45, 2.75) is 25.3 Å². The third-order valence-electron chi connectivity index (χ3n) is 4.24. The summed E-state index contributed by atoms with van der Waals surface area (Å²) >= 11 is 0. The number of fused-ring (bicyclic) bond motifs is 1. The summed E-state index contributed by atoms with van der Waals surface area (Å²) in [5.41, 5.74) is 10.1. The first kappa shape index (κ1) is 11.2. The summed E-state index contributed by atoms with van der Waals surface area (Å²) in [6, 6.07) is 6.42. The average molecular weight is 233 g/mol. The summed E-state index contributed by atoms with van der Waals surface area (Å²) < 4.78 is 5.22. The minimum atomic E-state index is -0.257. The van der Waals surface area contributed by atoms with Gasteiger partial charge in [-0.05, 0) is 36.0 Å². The number of aryl methyl sites for hydroxylation is 2. The topological polar surface area (TPSA) is 55.5 Å². The molecule has 3 rings (SSSR count). The van der Waals surface area contributed by atoms with E-state index in [1.54, 1.807) is 0 Å². The highest BCUT2D eigenvalue weighted by Crippen LogP contribution is 2.39. The van der Waals surface area contributed by atoms with Crippen LogP contribution in [0.5, 0.6) is 0 Å². The van der Waals surface area contributed by atoms with Gasteiger partial charge in [0.05, 0.1) is 25.2 Å². The van der Waals surface area contributed by atoms with Gasteiger partial charge in [-0.2, -0.15) is 0 Å². The first-order valence-corrected chi connectivity index (χ1v) is 6.31. The van der Waals surface area contributed by atoms with Crippen LogP contribution in [0.25, 0.3) is 0 Å². The van der Waals surface area contributed by atoms with Gasteiger partial charge in [-0.1, -0.05) is 18.2 Å². The van der Waals surface area contributed by atoms with E-state index in [-0.39, 0.29) is 18.1 Å². The molecule has 1 aromatic rings. The van der Waals surface area contributed by atoms with Crippen LogP contribution in [-0.4, -0.2) is 24.9 Å². The van der Waals surface area contributed by atoms with E-state index < -0.39 is 0 Å². The maximum atomic E-state index is 9.50. The van der Waals surface area contributed by atoms with E-state index in [4.69, 9.17) is 10.5 Å². The zero-order chi connectivity index (χ0) is 11.9. The van der Waals surface area contributed by atoms with Crippen LogP contribution in [0.3, 0.4) is 0 Å². The number of rotatable bonds is 3. The molecule has 92 valence electrons. The number of nitrogens with two attached hydrogens (primary N) is 1. The second-order valence-corrected chi connectivity index (χ2v) is 5.37. The van der Waals surface area contributed by atoms with Crippen LogP contribution < -0.4 is 5.73 Å². The predicted octanol–water partition coefficient (Wildman–Crippen LogP) is 1.18. The molecule has 1 saturated heterocycles. The fourth-order valence-corrected chi connectivity index (χ4v) is 2.87. The van der Waals surface area contributed by atoms with Crippen LogP contribution in [0.2, 0.25) is 0 Å². The van der Waals surface area contributed by atoms with Crippen molar-refractivity contribution < 1.29 is 9.84 Å². The number of hydrogen-bond donors (Lipinski definition) is 2. The standard InChI is InChI=1S/C14H19NO2/c15-13(14(7-16)8-17-9-14)12-5-4-10-2-1-3-11(10)6-12/h4-6,13,16H,1-3,7-9,15H2. The smallest absolute Gasteiger partial charge is 0.0594 e. The quantitative estimate of drug-likeness (QED) is 0.824. The Hall–Kier alpha value is -0.900. The van der Waals surface area contributed by atoms with Gasteiger partial charge < -0.3 is 15.6 Å². The van der Waals surface area contributed by atoms with Gasteiger partial charge in [-0.3, -0.25) is 0 Å². The fraction of sp³-hybridized carbons (Fsp3) is 0.571. The maximum absolute atomic E-state index is 9.50. The van der Waals surface area contributed by atoms with Crippen LogP contribution in [-0.2, 0) is 17.6 Å². The van der Waals surface area contributed by atoms with Crippen LogP contribution in [0.1, 0.15) is 29.2 Å². The van der Waals surface area contributed by atoms with Crippen LogP contribution >= 0.6 is 0 Å². The molecule has 0 bridgehead atoms. The van der Waals surface area contributed by atoms with Gasteiger partial charge in [0.2, 0.25) is 0 Å². The van der Waals surface area contributed by atoms with Gasteiger partial charge in [-0.25, -0.2) is 0 Å². The van der Waals surface area contributed by atoms with E-state index in [0.29, 0.717) is 13.2 Å². The Balaban J connectivity index is 1.88. The van der Waals surface area contributed by atoms with E-state index in [0.717, 1.165) is 5.56 Å². The molecule has 0 radical (unpaired) electrons. The Morgan fingerprint density at radius 3 is 2.71 bits per heavy atom.